The van der Waals surface area contributed by atoms with Gasteiger partial charge in [-0.15, -0.1) is 0 Å². The van der Waals surface area contributed by atoms with Crippen molar-refractivity contribution in [2.75, 3.05) is 20.2 Å². The molecular weight excluding hydrogens is 290 g/mol. The molecule has 1 rings (SSSR count). The molecule has 22 heavy (non-hydrogen) atoms. The molecule has 3 N–H and O–H groups in total. The number of nitrogens with zero attached hydrogens (tertiary/aromatic N) is 1. The van der Waals surface area contributed by atoms with E-state index in [0.29, 0.717) is 19.4 Å². The van der Waals surface area contributed by atoms with Gasteiger partial charge >= 0.3 is 6.09 Å². The number of nitrogens with one attached hydrogen (secondary N) is 2. The second kappa shape index (κ2) is 7.44. The molecule has 1 aliphatic rings. The minimum atomic E-state index is -1.03. The summed E-state index contributed by atoms with van der Waals surface area (Å²) in [6, 6.07) is -1.72. The van der Waals surface area contributed by atoms with E-state index in [-0.39, 0.29) is 0 Å². The zero-order chi connectivity index (χ0) is 16.9. The van der Waals surface area contributed by atoms with Crippen LogP contribution in [-0.2, 0) is 14.3 Å². The number of likely N-dealkylation sites (N-methyl/N-ethyl adjacent to an activating group) is 1. The topological polar surface area (TPSA) is 108 Å². The normalized spacial score (nSPS) is 19.5. The van der Waals surface area contributed by atoms with Crippen molar-refractivity contribution in [3.05, 3.63) is 0 Å². The van der Waals surface area contributed by atoms with E-state index < -0.39 is 42.2 Å². The fraction of sp³-hybridized carbons (Fsp3) is 0.786. The van der Waals surface area contributed by atoms with E-state index in [0.717, 1.165) is 0 Å². The molecule has 126 valence electrons. The highest BCUT2D eigenvalue weighted by molar-refractivity contribution is 5.91. The Kier molecular flexibility index (Phi) is 6.16. The molecule has 0 bridgehead atoms. The zero-order valence-electron chi connectivity index (χ0n) is 13.5. The lowest BCUT2D eigenvalue weighted by molar-refractivity contribution is -0.132. The standard InChI is InChI=1S/C14H25N3O5/c1-14(2,3)22-13(21)17-7-5-6-10(17)12(20)16-9(8-18)11(19)15-4/h9-10,18H,5-8H2,1-4H3,(H,15,19)(H,16,20)/t9-,10-/m0/s1. The van der Waals surface area contributed by atoms with Gasteiger partial charge in [0.1, 0.15) is 17.7 Å². The van der Waals surface area contributed by atoms with Crippen LogP contribution in [0.5, 0.6) is 0 Å². The number of aliphatic hydroxyl groups excluding tert-OH is 1. The molecule has 3 amide bonds. The summed E-state index contributed by atoms with van der Waals surface area (Å²) in [5.74, 6) is -0.955. The molecule has 0 aliphatic carbocycles. The zero-order valence-corrected chi connectivity index (χ0v) is 13.5. The highest BCUT2D eigenvalue weighted by atomic mass is 16.6. The summed E-state index contributed by atoms with van der Waals surface area (Å²) in [5, 5.41) is 14.0. The van der Waals surface area contributed by atoms with E-state index in [1.807, 2.05) is 0 Å². The van der Waals surface area contributed by atoms with Gasteiger partial charge in [-0.3, -0.25) is 14.5 Å². The summed E-state index contributed by atoms with van der Waals surface area (Å²) >= 11 is 0. The molecule has 8 nitrogen and oxygen atoms in total. The van der Waals surface area contributed by atoms with Crippen LogP contribution in [0.4, 0.5) is 4.79 Å². The molecule has 1 saturated heterocycles. The summed E-state index contributed by atoms with van der Waals surface area (Å²) < 4.78 is 5.28. The fourth-order valence-corrected chi connectivity index (χ4v) is 2.21. The minimum Gasteiger partial charge on any atom is -0.444 e. The molecule has 1 heterocycles. The first-order chi connectivity index (χ1) is 10.2. The van der Waals surface area contributed by atoms with E-state index in [2.05, 4.69) is 10.6 Å². The smallest absolute Gasteiger partial charge is 0.410 e. The van der Waals surface area contributed by atoms with Crippen molar-refractivity contribution in [2.24, 2.45) is 0 Å². The molecule has 0 radical (unpaired) electrons. The van der Waals surface area contributed by atoms with Crippen LogP contribution in [-0.4, -0.2) is 65.8 Å². The predicted molar refractivity (Wildman–Crippen MR) is 79.0 cm³/mol. The molecule has 0 aromatic heterocycles. The Morgan fingerprint density at radius 3 is 2.50 bits per heavy atom. The van der Waals surface area contributed by atoms with Crippen molar-refractivity contribution in [2.45, 2.75) is 51.3 Å². The molecule has 0 aromatic rings. The van der Waals surface area contributed by atoms with E-state index in [1.54, 1.807) is 20.8 Å². The van der Waals surface area contributed by atoms with Crippen molar-refractivity contribution in [3.63, 3.8) is 0 Å². The third-order valence-electron chi connectivity index (χ3n) is 3.25. The Bertz CT molecular complexity index is 433. The van der Waals surface area contributed by atoms with Crippen LogP contribution in [0.3, 0.4) is 0 Å². The highest BCUT2D eigenvalue weighted by Gasteiger charge is 2.37. The lowest BCUT2D eigenvalue weighted by Crippen LogP contribution is -2.54. The van der Waals surface area contributed by atoms with Gasteiger partial charge < -0.3 is 20.5 Å². The second-order valence-corrected chi connectivity index (χ2v) is 6.19. The molecule has 0 saturated carbocycles. The molecule has 8 heteroatoms. The summed E-state index contributed by atoms with van der Waals surface area (Å²) in [4.78, 5) is 37.2. The summed E-state index contributed by atoms with van der Waals surface area (Å²) in [5.41, 5.74) is -0.642. The molecule has 0 spiro atoms. The fourth-order valence-electron chi connectivity index (χ4n) is 2.21. The van der Waals surface area contributed by atoms with Gasteiger partial charge in [0.25, 0.3) is 0 Å². The van der Waals surface area contributed by atoms with E-state index in [9.17, 15) is 14.4 Å². The first kappa shape index (κ1) is 18.2. The average molecular weight is 315 g/mol. The van der Waals surface area contributed by atoms with Crippen molar-refractivity contribution in [1.82, 2.24) is 15.5 Å². The minimum absolute atomic E-state index is 0.427. The maximum atomic E-state index is 12.3. The molecular formula is C14H25N3O5. The number of rotatable bonds is 4. The van der Waals surface area contributed by atoms with Gasteiger partial charge in [0.2, 0.25) is 11.8 Å². The van der Waals surface area contributed by atoms with Crippen molar-refractivity contribution < 1.29 is 24.2 Å². The highest BCUT2D eigenvalue weighted by Crippen LogP contribution is 2.21. The Morgan fingerprint density at radius 2 is 2.00 bits per heavy atom. The number of hydrogen-bond donors (Lipinski definition) is 3. The SMILES string of the molecule is CNC(=O)[C@H](CO)NC(=O)[C@@H]1CCCN1C(=O)OC(C)(C)C. The van der Waals surface area contributed by atoms with Crippen LogP contribution < -0.4 is 10.6 Å². The molecule has 0 aromatic carbocycles. The quantitative estimate of drug-likeness (QED) is 0.655. The monoisotopic (exact) mass is 315 g/mol. The molecule has 1 fully saturated rings. The average Bonchev–Trinajstić information content (AvgIpc) is 2.91. The predicted octanol–water partition coefficient (Wildman–Crippen LogP) is -0.391. The van der Waals surface area contributed by atoms with Gasteiger partial charge in [-0.25, -0.2) is 4.79 Å². The Balaban J connectivity index is 2.71. The number of likely N-dealkylation sites (tertiary alicyclic amines) is 1. The summed E-state index contributed by atoms with van der Waals surface area (Å²) in [6.07, 6.45) is 0.628. The Hall–Kier alpha value is -1.83. The second-order valence-electron chi connectivity index (χ2n) is 6.19. The van der Waals surface area contributed by atoms with Crippen LogP contribution in [0.15, 0.2) is 0 Å². The van der Waals surface area contributed by atoms with Crippen molar-refractivity contribution in [3.8, 4) is 0 Å². The van der Waals surface area contributed by atoms with Gasteiger partial charge in [0.05, 0.1) is 6.61 Å². The van der Waals surface area contributed by atoms with Gasteiger partial charge in [0.15, 0.2) is 0 Å². The largest absolute Gasteiger partial charge is 0.444 e. The van der Waals surface area contributed by atoms with Crippen LogP contribution in [0.2, 0.25) is 0 Å². The lowest BCUT2D eigenvalue weighted by atomic mass is 10.2. The third kappa shape index (κ3) is 4.87. The summed E-state index contributed by atoms with van der Waals surface area (Å²) in [7, 11) is 1.42. The number of ether oxygens (including phenoxy) is 1. The van der Waals surface area contributed by atoms with Crippen LogP contribution in [0.1, 0.15) is 33.6 Å². The van der Waals surface area contributed by atoms with Gasteiger partial charge in [-0.1, -0.05) is 0 Å². The van der Waals surface area contributed by atoms with Crippen molar-refractivity contribution >= 4 is 17.9 Å². The van der Waals surface area contributed by atoms with Crippen LogP contribution >= 0.6 is 0 Å². The molecule has 0 unspecified atom stereocenters. The van der Waals surface area contributed by atoms with Crippen LogP contribution in [0.25, 0.3) is 0 Å². The van der Waals surface area contributed by atoms with Gasteiger partial charge in [-0.2, -0.15) is 0 Å². The number of carbonyl (C=O) groups excluding carboxylic acids is 3. The number of hydrogen-bond acceptors (Lipinski definition) is 5. The van der Waals surface area contributed by atoms with E-state index >= 15 is 0 Å². The first-order valence-electron chi connectivity index (χ1n) is 7.32. The lowest BCUT2D eigenvalue weighted by Gasteiger charge is -2.28. The third-order valence-corrected chi connectivity index (χ3v) is 3.25. The Labute approximate surface area is 130 Å². The maximum Gasteiger partial charge on any atom is 0.410 e. The Morgan fingerprint density at radius 1 is 1.36 bits per heavy atom. The van der Waals surface area contributed by atoms with E-state index in [4.69, 9.17) is 9.84 Å². The van der Waals surface area contributed by atoms with Crippen LogP contribution in [0, 0.1) is 0 Å². The summed E-state index contributed by atoms with van der Waals surface area (Å²) in [6.45, 7) is 5.18. The molecule has 1 aliphatic heterocycles. The maximum absolute atomic E-state index is 12.3. The number of amides is 3. The number of aliphatic hydroxyl groups is 1. The van der Waals surface area contributed by atoms with Gasteiger partial charge in [-0.05, 0) is 33.6 Å². The first-order valence-corrected chi connectivity index (χ1v) is 7.32. The van der Waals surface area contributed by atoms with Gasteiger partial charge in [0, 0.05) is 13.6 Å². The number of carbonyl (C=O) groups is 3. The van der Waals surface area contributed by atoms with Crippen molar-refractivity contribution in [1.29, 1.82) is 0 Å². The molecule has 2 atom stereocenters. The van der Waals surface area contributed by atoms with E-state index in [1.165, 1.54) is 11.9 Å².